The molecule has 6 heteroatoms. The monoisotopic (exact) mass is 403 g/mol. The summed E-state index contributed by atoms with van der Waals surface area (Å²) in [4.78, 5) is 17.6. The van der Waals surface area contributed by atoms with Crippen molar-refractivity contribution < 1.29 is 9.53 Å². The van der Waals surface area contributed by atoms with Crippen LogP contribution in [0.3, 0.4) is 0 Å². The van der Waals surface area contributed by atoms with Crippen LogP contribution in [0.15, 0.2) is 76.6 Å². The van der Waals surface area contributed by atoms with E-state index in [4.69, 9.17) is 4.74 Å². The van der Waals surface area contributed by atoms with Crippen LogP contribution in [-0.4, -0.2) is 22.2 Å². The molecule has 0 atom stereocenters. The summed E-state index contributed by atoms with van der Waals surface area (Å²) in [5.74, 6) is 0.662. The van der Waals surface area contributed by atoms with Crippen LogP contribution in [0, 0.1) is 6.92 Å². The van der Waals surface area contributed by atoms with E-state index in [9.17, 15) is 4.79 Å². The van der Waals surface area contributed by atoms with Gasteiger partial charge in [0, 0.05) is 17.1 Å². The van der Waals surface area contributed by atoms with E-state index >= 15 is 0 Å². The molecule has 2 heterocycles. The standard InChI is InChI=1S/C23H21N3O2S/c1-3-28-20-13-10-17(11-14-20)24-23-25-22(27)21(29-23)15-19-12-9-16(2)26(19)18-7-5-4-6-8-18/h4-15H,3H2,1-2H3,(H,24,25,27)/b21-15-. The lowest BCUT2D eigenvalue weighted by Crippen LogP contribution is -2.19. The zero-order valence-corrected chi connectivity index (χ0v) is 17.1. The Bertz CT molecular complexity index is 1080. The maximum Gasteiger partial charge on any atom is 0.264 e. The minimum absolute atomic E-state index is 0.141. The van der Waals surface area contributed by atoms with E-state index in [0.717, 1.165) is 28.5 Å². The summed E-state index contributed by atoms with van der Waals surface area (Å²) in [7, 11) is 0. The summed E-state index contributed by atoms with van der Waals surface area (Å²) >= 11 is 1.34. The molecule has 0 bridgehead atoms. The van der Waals surface area contributed by atoms with Gasteiger partial charge in [-0.1, -0.05) is 18.2 Å². The number of ether oxygens (including phenoxy) is 1. The largest absolute Gasteiger partial charge is 0.494 e. The molecule has 0 spiro atoms. The summed E-state index contributed by atoms with van der Waals surface area (Å²) in [5.41, 5.74) is 3.89. The van der Waals surface area contributed by atoms with Crippen molar-refractivity contribution in [3.05, 3.63) is 83.0 Å². The summed E-state index contributed by atoms with van der Waals surface area (Å²) in [6, 6.07) is 21.7. The molecule has 0 unspecified atom stereocenters. The number of aromatic nitrogens is 1. The Balaban J connectivity index is 1.58. The minimum atomic E-state index is -0.141. The number of nitrogens with one attached hydrogen (secondary N) is 1. The first-order chi connectivity index (χ1) is 14.1. The first-order valence-electron chi connectivity index (χ1n) is 9.40. The van der Waals surface area contributed by atoms with Crippen LogP contribution in [-0.2, 0) is 4.79 Å². The number of nitrogens with zero attached hydrogens (tertiary/aromatic N) is 2. The molecule has 0 radical (unpaired) electrons. The van der Waals surface area contributed by atoms with Gasteiger partial charge in [-0.2, -0.15) is 0 Å². The smallest absolute Gasteiger partial charge is 0.264 e. The Morgan fingerprint density at radius 2 is 1.83 bits per heavy atom. The minimum Gasteiger partial charge on any atom is -0.494 e. The lowest BCUT2D eigenvalue weighted by atomic mass is 10.3. The number of thioether (sulfide) groups is 1. The highest BCUT2D eigenvalue weighted by atomic mass is 32.2. The zero-order valence-electron chi connectivity index (χ0n) is 16.3. The molecule has 1 fully saturated rings. The molecule has 5 nitrogen and oxygen atoms in total. The van der Waals surface area contributed by atoms with E-state index in [1.165, 1.54) is 11.8 Å². The predicted molar refractivity (Wildman–Crippen MR) is 119 cm³/mol. The zero-order chi connectivity index (χ0) is 20.2. The molecule has 3 aromatic rings. The topological polar surface area (TPSA) is 55.6 Å². The molecular weight excluding hydrogens is 382 g/mol. The summed E-state index contributed by atoms with van der Waals surface area (Å²) in [6.45, 7) is 4.62. The summed E-state index contributed by atoms with van der Waals surface area (Å²) in [5, 5.41) is 3.41. The van der Waals surface area contributed by atoms with E-state index in [1.807, 2.05) is 67.6 Å². The van der Waals surface area contributed by atoms with Crippen molar-refractivity contribution in [2.24, 2.45) is 4.99 Å². The van der Waals surface area contributed by atoms with E-state index in [-0.39, 0.29) is 5.91 Å². The number of hydrogen-bond acceptors (Lipinski definition) is 4. The van der Waals surface area contributed by atoms with Crippen molar-refractivity contribution in [2.45, 2.75) is 13.8 Å². The Morgan fingerprint density at radius 1 is 1.07 bits per heavy atom. The fraction of sp³-hybridized carbons (Fsp3) is 0.130. The van der Waals surface area contributed by atoms with E-state index in [1.54, 1.807) is 0 Å². The Labute approximate surface area is 174 Å². The number of amides is 1. The molecule has 1 saturated heterocycles. The van der Waals surface area contributed by atoms with Crippen molar-refractivity contribution in [1.29, 1.82) is 0 Å². The number of para-hydroxylation sites is 1. The third kappa shape index (κ3) is 4.27. The highest BCUT2D eigenvalue weighted by Gasteiger charge is 2.24. The molecule has 1 aliphatic rings. The van der Waals surface area contributed by atoms with Gasteiger partial charge in [-0.3, -0.25) is 4.79 Å². The molecular formula is C23H21N3O2S. The van der Waals surface area contributed by atoms with Crippen molar-refractivity contribution in [3.8, 4) is 11.4 Å². The second kappa shape index (κ2) is 8.41. The van der Waals surface area contributed by atoms with Gasteiger partial charge in [-0.15, -0.1) is 0 Å². The van der Waals surface area contributed by atoms with Gasteiger partial charge in [0.1, 0.15) is 5.75 Å². The fourth-order valence-corrected chi connectivity index (χ4v) is 3.94. The van der Waals surface area contributed by atoms with Crippen LogP contribution >= 0.6 is 11.8 Å². The van der Waals surface area contributed by atoms with Gasteiger partial charge in [-0.25, -0.2) is 4.99 Å². The van der Waals surface area contributed by atoms with Crippen molar-refractivity contribution in [3.63, 3.8) is 0 Å². The molecule has 1 N–H and O–H groups in total. The average molecular weight is 404 g/mol. The molecule has 1 amide bonds. The van der Waals surface area contributed by atoms with Crippen LogP contribution in [0.25, 0.3) is 11.8 Å². The maximum absolute atomic E-state index is 12.5. The van der Waals surface area contributed by atoms with Crippen molar-refractivity contribution >= 4 is 34.6 Å². The molecule has 0 saturated carbocycles. The molecule has 4 rings (SSSR count). The van der Waals surface area contributed by atoms with Crippen molar-refractivity contribution in [2.75, 3.05) is 6.61 Å². The average Bonchev–Trinajstić information content (AvgIpc) is 3.26. The van der Waals surface area contributed by atoms with Gasteiger partial charge < -0.3 is 14.6 Å². The van der Waals surface area contributed by atoms with Crippen LogP contribution in [0.5, 0.6) is 5.75 Å². The van der Waals surface area contributed by atoms with Gasteiger partial charge >= 0.3 is 0 Å². The third-order valence-corrected chi connectivity index (χ3v) is 5.34. The van der Waals surface area contributed by atoms with E-state index in [0.29, 0.717) is 16.7 Å². The van der Waals surface area contributed by atoms with Gasteiger partial charge in [0.2, 0.25) is 0 Å². The fourth-order valence-electron chi connectivity index (χ4n) is 3.12. The molecule has 1 aromatic heterocycles. The summed E-state index contributed by atoms with van der Waals surface area (Å²) in [6.07, 6.45) is 1.90. The Hall–Kier alpha value is -3.25. The second-order valence-corrected chi connectivity index (χ2v) is 7.51. The number of aliphatic imine (C=N–C) groups is 1. The molecule has 1 aliphatic heterocycles. The number of benzene rings is 2. The van der Waals surface area contributed by atoms with Gasteiger partial charge in [-0.05, 0) is 80.2 Å². The van der Waals surface area contributed by atoms with E-state index < -0.39 is 0 Å². The number of carbonyl (C=O) groups is 1. The highest BCUT2D eigenvalue weighted by Crippen LogP contribution is 2.30. The Morgan fingerprint density at radius 3 is 2.55 bits per heavy atom. The normalized spacial score (nSPS) is 16.4. The van der Waals surface area contributed by atoms with Crippen LogP contribution in [0.4, 0.5) is 5.69 Å². The van der Waals surface area contributed by atoms with Crippen molar-refractivity contribution in [1.82, 2.24) is 9.88 Å². The summed E-state index contributed by atoms with van der Waals surface area (Å²) < 4.78 is 7.57. The molecule has 2 aromatic carbocycles. The number of amidine groups is 1. The number of aryl methyl sites for hydroxylation is 1. The van der Waals surface area contributed by atoms with Gasteiger partial charge in [0.15, 0.2) is 5.17 Å². The number of carbonyl (C=O) groups excluding carboxylic acids is 1. The quantitative estimate of drug-likeness (QED) is 0.605. The van der Waals surface area contributed by atoms with Crippen LogP contribution < -0.4 is 10.1 Å². The highest BCUT2D eigenvalue weighted by molar-refractivity contribution is 8.18. The molecule has 146 valence electrons. The molecule has 0 aliphatic carbocycles. The number of hydrogen-bond donors (Lipinski definition) is 1. The first kappa shape index (κ1) is 19.1. The van der Waals surface area contributed by atoms with Crippen LogP contribution in [0.1, 0.15) is 18.3 Å². The lowest BCUT2D eigenvalue weighted by Gasteiger charge is -2.09. The first-order valence-corrected chi connectivity index (χ1v) is 10.2. The van der Waals surface area contributed by atoms with E-state index in [2.05, 4.69) is 33.9 Å². The Kier molecular flexibility index (Phi) is 5.53. The maximum atomic E-state index is 12.5. The van der Waals surface area contributed by atoms with Gasteiger partial charge in [0.05, 0.1) is 17.2 Å². The number of rotatable bonds is 5. The van der Waals surface area contributed by atoms with Crippen LogP contribution in [0.2, 0.25) is 0 Å². The molecule has 29 heavy (non-hydrogen) atoms. The van der Waals surface area contributed by atoms with Gasteiger partial charge in [0.25, 0.3) is 5.91 Å². The second-order valence-electron chi connectivity index (χ2n) is 6.48. The predicted octanol–water partition coefficient (Wildman–Crippen LogP) is 5.08. The lowest BCUT2D eigenvalue weighted by molar-refractivity contribution is -0.115. The third-order valence-electron chi connectivity index (χ3n) is 4.43. The SMILES string of the molecule is CCOc1ccc(N=C2NC(=O)/C(=C/c3ccc(C)n3-c3ccccc3)S2)cc1.